The first kappa shape index (κ1) is 18.6. The summed E-state index contributed by atoms with van der Waals surface area (Å²) < 4.78 is 10.2. The number of amides is 1. The minimum absolute atomic E-state index is 0.0276. The molecule has 23 heavy (non-hydrogen) atoms. The number of hydrogen-bond acceptors (Lipinski definition) is 5. The lowest BCUT2D eigenvalue weighted by Gasteiger charge is -2.20. The van der Waals surface area contributed by atoms with Gasteiger partial charge in [-0.25, -0.2) is 0 Å². The Bertz CT molecular complexity index is 540. The molecule has 0 radical (unpaired) electrons. The van der Waals surface area contributed by atoms with Crippen LogP contribution in [0.4, 0.5) is 0 Å². The molecule has 0 aliphatic carbocycles. The number of carbonyl (C=O) groups excluding carboxylic acids is 2. The van der Waals surface area contributed by atoms with E-state index in [-0.39, 0.29) is 25.5 Å². The summed E-state index contributed by atoms with van der Waals surface area (Å²) in [6.07, 6.45) is 0.419. The van der Waals surface area contributed by atoms with Crippen LogP contribution in [0.15, 0.2) is 24.3 Å². The molecule has 0 saturated heterocycles. The van der Waals surface area contributed by atoms with E-state index in [1.165, 1.54) is 7.11 Å². The van der Waals surface area contributed by atoms with Gasteiger partial charge in [-0.15, -0.1) is 0 Å². The van der Waals surface area contributed by atoms with Crippen molar-refractivity contribution in [2.45, 2.75) is 13.3 Å². The lowest BCUT2D eigenvalue weighted by Crippen LogP contribution is -2.40. The van der Waals surface area contributed by atoms with Crippen molar-refractivity contribution in [3.8, 4) is 5.75 Å². The highest BCUT2D eigenvalue weighted by Crippen LogP contribution is 2.13. The van der Waals surface area contributed by atoms with Gasteiger partial charge < -0.3 is 19.5 Å². The SMILES string of the molecule is CCC(=O)c1ccc(OCC(=O)N(CCOC)CC(=O)O)cc1. The Kier molecular flexibility index (Phi) is 7.76. The average Bonchev–Trinajstić information content (AvgIpc) is 2.55. The van der Waals surface area contributed by atoms with Gasteiger partial charge in [-0.2, -0.15) is 0 Å². The number of ketones is 1. The summed E-state index contributed by atoms with van der Waals surface area (Å²) in [5, 5.41) is 8.82. The molecule has 1 rings (SSSR count). The second-order valence-electron chi connectivity index (χ2n) is 4.79. The van der Waals surface area contributed by atoms with Crippen molar-refractivity contribution < 1.29 is 29.0 Å². The quantitative estimate of drug-likeness (QED) is 0.651. The molecule has 1 aromatic carbocycles. The average molecular weight is 323 g/mol. The topological polar surface area (TPSA) is 93.1 Å². The van der Waals surface area contributed by atoms with Gasteiger partial charge in [-0.3, -0.25) is 14.4 Å². The maximum absolute atomic E-state index is 12.0. The minimum atomic E-state index is -1.10. The lowest BCUT2D eigenvalue weighted by atomic mass is 10.1. The second kappa shape index (κ2) is 9.58. The molecule has 7 heteroatoms. The third kappa shape index (κ3) is 6.48. The number of carboxylic acids is 1. The molecule has 0 unspecified atom stereocenters. The normalized spacial score (nSPS) is 10.2. The Balaban J connectivity index is 2.58. The predicted molar refractivity (Wildman–Crippen MR) is 82.7 cm³/mol. The number of aliphatic carboxylic acids is 1. The Morgan fingerprint density at radius 3 is 2.35 bits per heavy atom. The number of benzene rings is 1. The summed E-state index contributed by atoms with van der Waals surface area (Å²) in [5.41, 5.74) is 0.582. The van der Waals surface area contributed by atoms with Crippen molar-refractivity contribution in [1.29, 1.82) is 0 Å². The molecule has 0 fully saturated rings. The Labute approximate surface area is 134 Å². The number of carbonyl (C=O) groups is 3. The molecule has 126 valence electrons. The van der Waals surface area contributed by atoms with E-state index in [2.05, 4.69) is 0 Å². The summed E-state index contributed by atoms with van der Waals surface area (Å²) in [7, 11) is 1.47. The first-order chi connectivity index (χ1) is 11.0. The van der Waals surface area contributed by atoms with Gasteiger partial charge in [0.05, 0.1) is 6.61 Å². The summed E-state index contributed by atoms with van der Waals surface area (Å²) in [6.45, 7) is 1.51. The van der Waals surface area contributed by atoms with E-state index in [9.17, 15) is 14.4 Å². The molecule has 1 N–H and O–H groups in total. The maximum atomic E-state index is 12.0. The monoisotopic (exact) mass is 323 g/mol. The summed E-state index contributed by atoms with van der Waals surface area (Å²) in [5.74, 6) is -1.08. The number of carboxylic acid groups (broad SMARTS) is 1. The van der Waals surface area contributed by atoms with Crippen LogP contribution in [0.2, 0.25) is 0 Å². The third-order valence-electron chi connectivity index (χ3n) is 3.10. The van der Waals surface area contributed by atoms with Crippen LogP contribution in [-0.4, -0.2) is 61.1 Å². The first-order valence-corrected chi connectivity index (χ1v) is 7.22. The number of rotatable bonds is 10. The van der Waals surface area contributed by atoms with Crippen LogP contribution in [0.25, 0.3) is 0 Å². The molecule has 0 atom stereocenters. The van der Waals surface area contributed by atoms with Crippen LogP contribution in [0.3, 0.4) is 0 Å². The van der Waals surface area contributed by atoms with Gasteiger partial charge >= 0.3 is 5.97 Å². The number of hydrogen-bond donors (Lipinski definition) is 1. The van der Waals surface area contributed by atoms with Gasteiger partial charge in [-0.1, -0.05) is 6.92 Å². The fourth-order valence-electron chi connectivity index (χ4n) is 1.83. The number of nitrogens with zero attached hydrogens (tertiary/aromatic N) is 1. The fraction of sp³-hybridized carbons (Fsp3) is 0.438. The lowest BCUT2D eigenvalue weighted by molar-refractivity contribution is -0.145. The van der Waals surface area contributed by atoms with Crippen molar-refractivity contribution in [1.82, 2.24) is 4.90 Å². The molecule has 7 nitrogen and oxygen atoms in total. The van der Waals surface area contributed by atoms with Crippen LogP contribution >= 0.6 is 0 Å². The van der Waals surface area contributed by atoms with E-state index in [1.807, 2.05) is 0 Å². The Hall–Kier alpha value is -2.41. The molecular weight excluding hydrogens is 302 g/mol. The minimum Gasteiger partial charge on any atom is -0.484 e. The molecule has 0 heterocycles. The molecule has 0 bridgehead atoms. The van der Waals surface area contributed by atoms with E-state index in [4.69, 9.17) is 14.6 Å². The van der Waals surface area contributed by atoms with Gasteiger partial charge in [0.25, 0.3) is 5.91 Å². The van der Waals surface area contributed by atoms with Crippen LogP contribution < -0.4 is 4.74 Å². The highest BCUT2D eigenvalue weighted by Gasteiger charge is 2.17. The Morgan fingerprint density at radius 2 is 1.83 bits per heavy atom. The van der Waals surface area contributed by atoms with Gasteiger partial charge in [0.2, 0.25) is 0 Å². The van der Waals surface area contributed by atoms with Crippen LogP contribution in [-0.2, 0) is 14.3 Å². The molecule has 0 saturated carbocycles. The first-order valence-electron chi connectivity index (χ1n) is 7.22. The highest BCUT2D eigenvalue weighted by molar-refractivity contribution is 5.95. The van der Waals surface area contributed by atoms with E-state index in [0.29, 0.717) is 17.7 Å². The smallest absolute Gasteiger partial charge is 0.323 e. The van der Waals surface area contributed by atoms with Crippen LogP contribution in [0.5, 0.6) is 5.75 Å². The number of Topliss-reactive ketones (excluding diaryl/α,β-unsaturated/α-hetero) is 1. The molecule has 0 aliphatic rings. The largest absolute Gasteiger partial charge is 0.484 e. The third-order valence-corrected chi connectivity index (χ3v) is 3.10. The zero-order chi connectivity index (χ0) is 17.2. The molecule has 0 aromatic heterocycles. The van der Waals surface area contributed by atoms with Crippen molar-refractivity contribution in [2.24, 2.45) is 0 Å². The molecule has 0 aliphatic heterocycles. The molecule has 1 amide bonds. The van der Waals surface area contributed by atoms with Crippen LogP contribution in [0, 0.1) is 0 Å². The zero-order valence-electron chi connectivity index (χ0n) is 13.3. The summed E-state index contributed by atoms with van der Waals surface area (Å²) in [4.78, 5) is 35.4. The predicted octanol–water partition coefficient (Wildman–Crippen LogP) is 1.22. The van der Waals surface area contributed by atoms with E-state index >= 15 is 0 Å². The van der Waals surface area contributed by atoms with Gasteiger partial charge in [0.1, 0.15) is 12.3 Å². The Morgan fingerprint density at radius 1 is 1.17 bits per heavy atom. The fourth-order valence-corrected chi connectivity index (χ4v) is 1.83. The molecule has 0 spiro atoms. The standard InChI is InChI=1S/C16H21NO6/c1-3-14(18)12-4-6-13(7-5-12)23-11-15(19)17(8-9-22-2)10-16(20)21/h4-7H,3,8-11H2,1-2H3,(H,20,21). The molecule has 1 aromatic rings. The molecular formula is C16H21NO6. The van der Waals surface area contributed by atoms with Gasteiger partial charge in [-0.05, 0) is 24.3 Å². The van der Waals surface area contributed by atoms with Gasteiger partial charge in [0.15, 0.2) is 12.4 Å². The number of methoxy groups -OCH3 is 1. The maximum Gasteiger partial charge on any atom is 0.323 e. The van der Waals surface area contributed by atoms with E-state index < -0.39 is 18.4 Å². The van der Waals surface area contributed by atoms with Gasteiger partial charge in [0, 0.05) is 25.6 Å². The summed E-state index contributed by atoms with van der Waals surface area (Å²) >= 11 is 0. The van der Waals surface area contributed by atoms with Crippen molar-refractivity contribution in [3.05, 3.63) is 29.8 Å². The summed E-state index contributed by atoms with van der Waals surface area (Å²) in [6, 6.07) is 6.47. The van der Waals surface area contributed by atoms with E-state index in [1.54, 1.807) is 31.2 Å². The van der Waals surface area contributed by atoms with Crippen molar-refractivity contribution >= 4 is 17.7 Å². The van der Waals surface area contributed by atoms with Crippen LogP contribution in [0.1, 0.15) is 23.7 Å². The zero-order valence-corrected chi connectivity index (χ0v) is 13.3. The number of ether oxygens (including phenoxy) is 2. The second-order valence-corrected chi connectivity index (χ2v) is 4.79. The van der Waals surface area contributed by atoms with E-state index in [0.717, 1.165) is 4.90 Å². The highest BCUT2D eigenvalue weighted by atomic mass is 16.5. The van der Waals surface area contributed by atoms with Crippen molar-refractivity contribution in [3.63, 3.8) is 0 Å². The van der Waals surface area contributed by atoms with Crippen molar-refractivity contribution in [2.75, 3.05) is 33.4 Å².